The number of ketones is 1. The van der Waals surface area contributed by atoms with Gasteiger partial charge in [0.05, 0.1) is 19.3 Å². The number of carbonyl (C=O) groups is 1. The Morgan fingerprint density at radius 2 is 1.92 bits per heavy atom. The number of fused-ring (bicyclic) bond motifs is 1. The van der Waals surface area contributed by atoms with Gasteiger partial charge in [-0.3, -0.25) is 4.79 Å². The van der Waals surface area contributed by atoms with Crippen LogP contribution >= 0.6 is 0 Å². The van der Waals surface area contributed by atoms with Gasteiger partial charge in [0, 0.05) is 18.2 Å². The monoisotopic (exact) mass is 344 g/mol. The lowest BCUT2D eigenvalue weighted by Gasteiger charge is -2.10. The Labute approximate surface area is 150 Å². The second-order valence-corrected chi connectivity index (χ2v) is 6.21. The van der Waals surface area contributed by atoms with E-state index in [2.05, 4.69) is 16.3 Å². The number of benzene rings is 2. The smallest absolute Gasteiger partial charge is 0.187 e. The average Bonchev–Trinajstić information content (AvgIpc) is 3.29. The van der Waals surface area contributed by atoms with Crippen LogP contribution in [0.2, 0.25) is 0 Å². The summed E-state index contributed by atoms with van der Waals surface area (Å²) in [7, 11) is 1.77. The molecule has 0 radical (unpaired) electrons. The SMILES string of the molecule is Cn1c(-c2ccccc2)nnc1[C@H](C#N)C(=O)c1ccc2c(c1)COC2. The van der Waals surface area contributed by atoms with Gasteiger partial charge in [-0.1, -0.05) is 42.5 Å². The lowest BCUT2D eigenvalue weighted by Crippen LogP contribution is -2.16. The van der Waals surface area contributed by atoms with Crippen molar-refractivity contribution in [2.75, 3.05) is 0 Å². The highest BCUT2D eigenvalue weighted by Crippen LogP contribution is 2.26. The summed E-state index contributed by atoms with van der Waals surface area (Å²) in [6.45, 7) is 1.06. The molecule has 0 fully saturated rings. The third kappa shape index (κ3) is 2.68. The maximum atomic E-state index is 12.9. The third-order valence-electron chi connectivity index (χ3n) is 4.60. The molecule has 0 bridgehead atoms. The van der Waals surface area contributed by atoms with Crippen LogP contribution in [-0.4, -0.2) is 20.5 Å². The van der Waals surface area contributed by atoms with Gasteiger partial charge in [0.15, 0.2) is 23.3 Å². The zero-order valence-electron chi connectivity index (χ0n) is 14.2. The first-order valence-corrected chi connectivity index (χ1v) is 8.27. The molecular formula is C20H16N4O2. The minimum Gasteiger partial charge on any atom is -0.372 e. The molecule has 1 aliphatic rings. The summed E-state index contributed by atoms with van der Waals surface area (Å²) < 4.78 is 7.10. The summed E-state index contributed by atoms with van der Waals surface area (Å²) in [4.78, 5) is 12.9. The molecule has 3 aromatic rings. The van der Waals surface area contributed by atoms with Crippen LogP contribution in [0.5, 0.6) is 0 Å². The first-order valence-electron chi connectivity index (χ1n) is 8.27. The molecule has 0 saturated heterocycles. The Bertz CT molecular complexity index is 1020. The van der Waals surface area contributed by atoms with Crippen LogP contribution in [0.15, 0.2) is 48.5 Å². The van der Waals surface area contributed by atoms with E-state index >= 15 is 0 Å². The molecule has 0 spiro atoms. The summed E-state index contributed by atoms with van der Waals surface area (Å²) >= 11 is 0. The van der Waals surface area contributed by atoms with E-state index in [4.69, 9.17) is 4.74 Å². The van der Waals surface area contributed by atoms with Crippen LogP contribution in [0.1, 0.15) is 33.2 Å². The molecule has 6 nitrogen and oxygen atoms in total. The van der Waals surface area contributed by atoms with Gasteiger partial charge >= 0.3 is 0 Å². The van der Waals surface area contributed by atoms with Crippen molar-refractivity contribution in [2.24, 2.45) is 7.05 Å². The van der Waals surface area contributed by atoms with Gasteiger partial charge in [0.1, 0.15) is 0 Å². The second kappa shape index (κ2) is 6.54. The van der Waals surface area contributed by atoms with E-state index in [0.717, 1.165) is 16.7 Å². The fourth-order valence-corrected chi connectivity index (χ4v) is 3.16. The molecule has 1 aromatic heterocycles. The van der Waals surface area contributed by atoms with Gasteiger partial charge in [-0.25, -0.2) is 0 Å². The molecule has 4 rings (SSSR count). The van der Waals surface area contributed by atoms with E-state index in [1.165, 1.54) is 0 Å². The zero-order valence-corrected chi connectivity index (χ0v) is 14.2. The average molecular weight is 344 g/mol. The van der Waals surface area contributed by atoms with Crippen molar-refractivity contribution in [3.05, 3.63) is 71.0 Å². The second-order valence-electron chi connectivity index (χ2n) is 6.21. The first kappa shape index (κ1) is 16.2. The summed E-state index contributed by atoms with van der Waals surface area (Å²) in [6.07, 6.45) is 0. The van der Waals surface area contributed by atoms with E-state index in [0.29, 0.717) is 30.4 Å². The van der Waals surface area contributed by atoms with Crippen LogP contribution in [0.25, 0.3) is 11.4 Å². The number of nitrogens with zero attached hydrogens (tertiary/aromatic N) is 4. The molecule has 0 saturated carbocycles. The zero-order chi connectivity index (χ0) is 18.1. The maximum Gasteiger partial charge on any atom is 0.187 e. The van der Waals surface area contributed by atoms with Crippen LogP contribution in [0.3, 0.4) is 0 Å². The molecule has 0 aliphatic carbocycles. The molecule has 2 heterocycles. The third-order valence-corrected chi connectivity index (χ3v) is 4.60. The predicted octanol–water partition coefficient (Wildman–Crippen LogP) is 3.00. The molecular weight excluding hydrogens is 328 g/mol. The Balaban J connectivity index is 1.69. The van der Waals surface area contributed by atoms with Gasteiger partial charge in [0.2, 0.25) is 0 Å². The molecule has 0 unspecified atom stereocenters. The topological polar surface area (TPSA) is 80.8 Å². The number of nitriles is 1. The van der Waals surface area contributed by atoms with E-state index < -0.39 is 5.92 Å². The van der Waals surface area contributed by atoms with Gasteiger partial charge in [-0.05, 0) is 17.2 Å². The van der Waals surface area contributed by atoms with Crippen molar-refractivity contribution in [3.63, 3.8) is 0 Å². The minimum atomic E-state index is -1.01. The van der Waals surface area contributed by atoms with Gasteiger partial charge in [-0.2, -0.15) is 5.26 Å². The normalized spacial score (nSPS) is 13.8. The standard InChI is InChI=1S/C20H16N4O2/c1-24-19(13-5-3-2-4-6-13)22-23-20(24)17(10-21)18(25)14-7-8-15-11-26-12-16(15)9-14/h2-9,17H,11-12H2,1H3/t17-/m1/s1. The van der Waals surface area contributed by atoms with Crippen LogP contribution < -0.4 is 0 Å². The van der Waals surface area contributed by atoms with Crippen molar-refractivity contribution >= 4 is 5.78 Å². The number of hydrogen-bond donors (Lipinski definition) is 0. The number of ether oxygens (including phenoxy) is 1. The van der Waals surface area contributed by atoms with Crippen molar-refractivity contribution in [1.82, 2.24) is 14.8 Å². The fraction of sp³-hybridized carbons (Fsp3) is 0.200. The maximum absolute atomic E-state index is 12.9. The van der Waals surface area contributed by atoms with E-state index in [-0.39, 0.29) is 5.78 Å². The van der Waals surface area contributed by atoms with Crippen molar-refractivity contribution in [2.45, 2.75) is 19.1 Å². The van der Waals surface area contributed by atoms with Gasteiger partial charge in [0.25, 0.3) is 0 Å². The molecule has 128 valence electrons. The van der Waals surface area contributed by atoms with Crippen LogP contribution in [0, 0.1) is 11.3 Å². The predicted molar refractivity (Wildman–Crippen MR) is 94.1 cm³/mol. The van der Waals surface area contributed by atoms with Crippen molar-refractivity contribution in [1.29, 1.82) is 5.26 Å². The fourth-order valence-electron chi connectivity index (χ4n) is 3.16. The molecule has 0 amide bonds. The van der Waals surface area contributed by atoms with Gasteiger partial charge in [-0.15, -0.1) is 10.2 Å². The summed E-state index contributed by atoms with van der Waals surface area (Å²) in [6, 6.07) is 17.1. The Morgan fingerprint density at radius 1 is 1.15 bits per heavy atom. The van der Waals surface area contributed by atoms with Gasteiger partial charge < -0.3 is 9.30 Å². The minimum absolute atomic E-state index is 0.280. The van der Waals surface area contributed by atoms with Crippen molar-refractivity contribution in [3.8, 4) is 17.5 Å². The van der Waals surface area contributed by atoms with E-state index in [1.54, 1.807) is 17.7 Å². The lowest BCUT2D eigenvalue weighted by atomic mass is 9.95. The number of hydrogen-bond acceptors (Lipinski definition) is 5. The molecule has 6 heteroatoms. The highest BCUT2D eigenvalue weighted by atomic mass is 16.5. The molecule has 0 N–H and O–H groups in total. The first-order chi connectivity index (χ1) is 12.7. The number of carbonyl (C=O) groups excluding carboxylic acids is 1. The molecule has 1 aliphatic heterocycles. The molecule has 1 atom stereocenters. The number of aromatic nitrogens is 3. The number of Topliss-reactive ketones (excluding diaryl/α,β-unsaturated/α-hetero) is 1. The number of rotatable bonds is 4. The Kier molecular flexibility index (Phi) is 4.07. The Hall–Kier alpha value is -3.30. The van der Waals surface area contributed by atoms with Crippen LogP contribution in [0.4, 0.5) is 0 Å². The highest BCUT2D eigenvalue weighted by molar-refractivity contribution is 6.02. The highest BCUT2D eigenvalue weighted by Gasteiger charge is 2.28. The largest absolute Gasteiger partial charge is 0.372 e. The van der Waals surface area contributed by atoms with E-state index in [9.17, 15) is 10.1 Å². The molecule has 26 heavy (non-hydrogen) atoms. The van der Waals surface area contributed by atoms with Crippen LogP contribution in [-0.2, 0) is 25.0 Å². The quantitative estimate of drug-likeness (QED) is 0.680. The lowest BCUT2D eigenvalue weighted by molar-refractivity contribution is 0.0975. The Morgan fingerprint density at radius 3 is 2.69 bits per heavy atom. The molecule has 2 aromatic carbocycles. The summed E-state index contributed by atoms with van der Waals surface area (Å²) in [5.41, 5.74) is 3.45. The summed E-state index contributed by atoms with van der Waals surface area (Å²) in [5, 5.41) is 17.9. The summed E-state index contributed by atoms with van der Waals surface area (Å²) in [5.74, 6) is -0.327. The van der Waals surface area contributed by atoms with Crippen molar-refractivity contribution < 1.29 is 9.53 Å². The van der Waals surface area contributed by atoms with E-state index in [1.807, 2.05) is 42.5 Å².